The van der Waals surface area contributed by atoms with Crippen LogP contribution in [0.4, 0.5) is 0 Å². The highest BCUT2D eigenvalue weighted by atomic mass is 16.8. The number of carbonyl (C=O) groups is 1. The van der Waals surface area contributed by atoms with Crippen LogP contribution in [-0.4, -0.2) is 193 Å². The number of hydrogen-bond donors (Lipinski definition) is 12. The zero-order valence-electron chi connectivity index (χ0n) is 49.7. The molecule has 0 aliphatic carbocycles. The molecule has 12 N–H and O–H groups in total. The first-order chi connectivity index (χ1) is 39.8. The Hall–Kier alpha value is -2.51. The van der Waals surface area contributed by atoms with Crippen molar-refractivity contribution in [2.45, 2.75) is 304 Å². The minimum absolute atomic E-state index is 0.225. The third-order valence-corrected chi connectivity index (χ3v) is 15.5. The van der Waals surface area contributed by atoms with Crippen molar-refractivity contribution in [3.05, 3.63) is 60.8 Å². The van der Waals surface area contributed by atoms with E-state index in [1.807, 2.05) is 6.08 Å². The number of rotatable bonds is 46. The van der Waals surface area contributed by atoms with Crippen LogP contribution in [0.1, 0.15) is 200 Å². The van der Waals surface area contributed by atoms with Gasteiger partial charge in [0.05, 0.1) is 38.6 Å². The molecule has 0 bridgehead atoms. The summed E-state index contributed by atoms with van der Waals surface area (Å²) in [6.07, 6.45) is 26.2. The first-order valence-electron chi connectivity index (χ1n) is 31.5. The van der Waals surface area contributed by atoms with Gasteiger partial charge < -0.3 is 89.9 Å². The highest BCUT2D eigenvalue weighted by molar-refractivity contribution is 5.76. The molecular formula is C63H111NO18. The maximum absolute atomic E-state index is 13.3. The molecule has 19 nitrogen and oxygen atoms in total. The van der Waals surface area contributed by atoms with Crippen molar-refractivity contribution in [3.8, 4) is 0 Å². The Morgan fingerprint density at radius 3 is 1.29 bits per heavy atom. The highest BCUT2D eigenvalue weighted by Crippen LogP contribution is 2.33. The summed E-state index contributed by atoms with van der Waals surface area (Å²) in [6, 6.07) is -1.00. The van der Waals surface area contributed by atoms with E-state index in [1.54, 1.807) is 6.08 Å². The van der Waals surface area contributed by atoms with Gasteiger partial charge in [0.25, 0.3) is 0 Å². The second-order valence-electron chi connectivity index (χ2n) is 22.5. The predicted molar refractivity (Wildman–Crippen MR) is 314 cm³/mol. The topological polar surface area (TPSA) is 307 Å². The summed E-state index contributed by atoms with van der Waals surface area (Å²) in [5.41, 5.74) is 0. The van der Waals surface area contributed by atoms with Gasteiger partial charge >= 0.3 is 0 Å². The fraction of sp³-hybridized carbons (Fsp3) is 0.825. The van der Waals surface area contributed by atoms with E-state index in [2.05, 4.69) is 67.8 Å². The van der Waals surface area contributed by atoms with Gasteiger partial charge in [0.15, 0.2) is 18.9 Å². The van der Waals surface area contributed by atoms with Crippen LogP contribution in [0, 0.1) is 0 Å². The van der Waals surface area contributed by atoms with E-state index in [9.17, 15) is 61.0 Å². The van der Waals surface area contributed by atoms with Crippen LogP contribution in [0.15, 0.2) is 60.8 Å². The molecule has 3 aliphatic rings. The first-order valence-corrected chi connectivity index (χ1v) is 31.5. The van der Waals surface area contributed by atoms with Gasteiger partial charge in [-0.05, 0) is 77.0 Å². The van der Waals surface area contributed by atoms with E-state index in [0.717, 1.165) is 64.2 Å². The van der Waals surface area contributed by atoms with Crippen LogP contribution in [-0.2, 0) is 33.2 Å². The van der Waals surface area contributed by atoms with Gasteiger partial charge in [0, 0.05) is 6.42 Å². The molecule has 0 spiro atoms. The minimum Gasteiger partial charge on any atom is -0.394 e. The fourth-order valence-corrected chi connectivity index (χ4v) is 10.3. The summed E-state index contributed by atoms with van der Waals surface area (Å²) in [5, 5.41) is 120. The van der Waals surface area contributed by atoms with Crippen LogP contribution >= 0.6 is 0 Å². The van der Waals surface area contributed by atoms with E-state index in [1.165, 1.54) is 103 Å². The van der Waals surface area contributed by atoms with Crippen LogP contribution < -0.4 is 5.32 Å². The van der Waals surface area contributed by atoms with Crippen molar-refractivity contribution in [2.24, 2.45) is 0 Å². The molecule has 0 aromatic carbocycles. The molecular weight excluding hydrogens is 1060 g/mol. The summed E-state index contributed by atoms with van der Waals surface area (Å²) in [7, 11) is 0. The number of allylic oxidation sites excluding steroid dienone is 9. The van der Waals surface area contributed by atoms with Gasteiger partial charge in [-0.3, -0.25) is 4.79 Å². The summed E-state index contributed by atoms with van der Waals surface area (Å²) < 4.78 is 34.2. The average molecular weight is 1170 g/mol. The number of carbonyl (C=O) groups excluding carboxylic acids is 1. The third kappa shape index (κ3) is 28.8. The maximum atomic E-state index is 13.3. The molecule has 3 rings (SSSR count). The molecule has 3 heterocycles. The van der Waals surface area contributed by atoms with Crippen molar-refractivity contribution in [2.75, 3.05) is 26.4 Å². The molecule has 0 saturated carbocycles. The lowest BCUT2D eigenvalue weighted by Gasteiger charge is -2.48. The molecule has 3 fully saturated rings. The molecule has 1 amide bonds. The largest absolute Gasteiger partial charge is 0.394 e. The Balaban J connectivity index is 1.50. The molecule has 3 saturated heterocycles. The summed E-state index contributed by atoms with van der Waals surface area (Å²) in [6.45, 7) is 1.66. The molecule has 3 aliphatic heterocycles. The number of aliphatic hydroxyl groups is 11. The Labute approximate surface area is 490 Å². The van der Waals surface area contributed by atoms with Crippen LogP contribution in [0.25, 0.3) is 0 Å². The van der Waals surface area contributed by atoms with E-state index in [0.29, 0.717) is 12.8 Å². The highest BCUT2D eigenvalue weighted by Gasteiger charge is 2.53. The van der Waals surface area contributed by atoms with Crippen LogP contribution in [0.2, 0.25) is 0 Å². The van der Waals surface area contributed by atoms with Gasteiger partial charge in [-0.15, -0.1) is 0 Å². The Kier molecular flexibility index (Phi) is 41.2. The number of aliphatic hydroxyl groups excluding tert-OH is 11. The van der Waals surface area contributed by atoms with Gasteiger partial charge in [0.1, 0.15) is 73.2 Å². The van der Waals surface area contributed by atoms with Crippen molar-refractivity contribution in [1.82, 2.24) is 5.32 Å². The number of unbranched alkanes of at least 4 members (excludes halogenated alkanes) is 22. The molecule has 82 heavy (non-hydrogen) atoms. The Morgan fingerprint density at radius 1 is 0.439 bits per heavy atom. The third-order valence-electron chi connectivity index (χ3n) is 15.5. The normalized spacial score (nSPS) is 30.0. The van der Waals surface area contributed by atoms with Crippen molar-refractivity contribution in [1.29, 1.82) is 0 Å². The van der Waals surface area contributed by atoms with Crippen LogP contribution in [0.3, 0.4) is 0 Å². The quantitative estimate of drug-likeness (QED) is 0.0231. The van der Waals surface area contributed by atoms with E-state index < -0.39 is 124 Å². The molecule has 0 aromatic rings. The number of ether oxygens (including phenoxy) is 6. The number of hydrogen-bond acceptors (Lipinski definition) is 18. The zero-order chi connectivity index (χ0) is 59.7. The average Bonchev–Trinajstić information content (AvgIpc) is 3.40. The van der Waals surface area contributed by atoms with Gasteiger partial charge in [0.2, 0.25) is 5.91 Å². The minimum atomic E-state index is -1.98. The van der Waals surface area contributed by atoms with E-state index in [4.69, 9.17) is 28.4 Å². The van der Waals surface area contributed by atoms with E-state index >= 15 is 0 Å². The van der Waals surface area contributed by atoms with Gasteiger partial charge in [-0.2, -0.15) is 0 Å². The molecule has 0 aromatic heterocycles. The van der Waals surface area contributed by atoms with Crippen molar-refractivity contribution < 1.29 is 89.4 Å². The fourth-order valence-electron chi connectivity index (χ4n) is 10.3. The SMILES string of the molecule is CCCCCCC/C=C\C/C=C\CCCCCCCCCCCC(=O)NC(COC1OC(CO)C(OC2OC(CO)C(OC3OC(CO)C(O)C(O)C3O)C(O)C2O)C(O)C1O)C(O)/C=C/CC/C=C/CC/C=C/CCCCCCCC. The smallest absolute Gasteiger partial charge is 0.220 e. The number of nitrogens with one attached hydrogen (secondary N) is 1. The van der Waals surface area contributed by atoms with Crippen LogP contribution in [0.5, 0.6) is 0 Å². The van der Waals surface area contributed by atoms with E-state index in [-0.39, 0.29) is 18.9 Å². The molecule has 17 atom stereocenters. The first kappa shape index (κ1) is 73.7. The molecule has 17 unspecified atom stereocenters. The summed E-state index contributed by atoms with van der Waals surface area (Å²) in [5.74, 6) is -0.296. The summed E-state index contributed by atoms with van der Waals surface area (Å²) >= 11 is 0. The van der Waals surface area contributed by atoms with Crippen molar-refractivity contribution >= 4 is 5.91 Å². The standard InChI is InChI=1S/C63H111NO18/c1-3-5-7-9-11-13-15-17-19-21-22-23-24-25-27-29-31-33-35-37-39-41-51(69)64-46(47(68)40-38-36-34-32-30-28-26-20-18-16-14-12-10-8-6-4-2)45-77-61-57(75)54(72)59(49(43-66)79-61)82-63-58(76)55(73)60(50(44-67)80-63)81-62-56(74)53(71)52(70)48(42-65)78-62/h15,17-18,20-22,30,32,38,40,46-50,52-63,65-68,70-76H,3-14,16,19,23-29,31,33-37,39,41-45H2,1-2H3,(H,64,69)/b17-15-,20-18+,22-21-,32-30+,40-38+. The molecule has 19 heteroatoms. The lowest BCUT2D eigenvalue weighted by molar-refractivity contribution is -0.379. The Bertz CT molecular complexity index is 1730. The van der Waals surface area contributed by atoms with Crippen molar-refractivity contribution in [3.63, 3.8) is 0 Å². The monoisotopic (exact) mass is 1170 g/mol. The second-order valence-corrected chi connectivity index (χ2v) is 22.5. The zero-order valence-corrected chi connectivity index (χ0v) is 49.7. The molecule has 0 radical (unpaired) electrons. The van der Waals surface area contributed by atoms with Gasteiger partial charge in [-0.1, -0.05) is 177 Å². The Morgan fingerprint density at radius 2 is 0.817 bits per heavy atom. The molecule has 476 valence electrons. The lowest BCUT2D eigenvalue weighted by atomic mass is 9.96. The number of amides is 1. The lowest BCUT2D eigenvalue weighted by Crippen LogP contribution is -2.66. The van der Waals surface area contributed by atoms with Gasteiger partial charge in [-0.25, -0.2) is 0 Å². The predicted octanol–water partition coefficient (Wildman–Crippen LogP) is 6.43. The maximum Gasteiger partial charge on any atom is 0.220 e. The second kappa shape index (κ2) is 45.8. The summed E-state index contributed by atoms with van der Waals surface area (Å²) in [4.78, 5) is 13.3.